The Labute approximate surface area is 139 Å². The molecular weight excluding hydrogens is 312 g/mol. The van der Waals surface area contributed by atoms with Gasteiger partial charge in [-0.15, -0.1) is 0 Å². The van der Waals surface area contributed by atoms with Crippen LogP contribution in [0.4, 0.5) is 0 Å². The summed E-state index contributed by atoms with van der Waals surface area (Å²) in [7, 11) is 0. The molecule has 0 aromatic heterocycles. The molecule has 0 aliphatic rings. The highest BCUT2D eigenvalue weighted by Crippen LogP contribution is 2.25. The predicted octanol–water partition coefficient (Wildman–Crippen LogP) is 2.59. The quantitative estimate of drug-likeness (QED) is 0.796. The van der Waals surface area contributed by atoms with Gasteiger partial charge in [0.05, 0.1) is 6.10 Å². The molecule has 4 nitrogen and oxygen atoms in total. The molecule has 0 saturated carbocycles. The Morgan fingerprint density at radius 3 is 2.26 bits per heavy atom. The third-order valence-electron chi connectivity index (χ3n) is 3.38. The van der Waals surface area contributed by atoms with Crippen molar-refractivity contribution in [3.8, 4) is 0 Å². The van der Waals surface area contributed by atoms with Crippen LogP contribution in [0.2, 0.25) is 0 Å². The van der Waals surface area contributed by atoms with Gasteiger partial charge in [0, 0.05) is 23.8 Å². The zero-order valence-corrected chi connectivity index (χ0v) is 13.5. The van der Waals surface area contributed by atoms with Crippen LogP contribution in [-0.4, -0.2) is 33.0 Å². The smallest absolute Gasteiger partial charge is 0.193 e. The molecule has 0 bridgehead atoms. The van der Waals surface area contributed by atoms with E-state index in [0.717, 1.165) is 11.8 Å². The molecule has 23 heavy (non-hydrogen) atoms. The molecule has 0 amide bonds. The normalized spacial score (nSPS) is 13.3. The van der Waals surface area contributed by atoms with Crippen molar-refractivity contribution in [2.45, 2.75) is 19.1 Å². The first-order chi connectivity index (χ1) is 11.0. The van der Waals surface area contributed by atoms with Crippen molar-refractivity contribution >= 4 is 22.7 Å². The Bertz CT molecular complexity index is 684. The second-order valence-corrected chi connectivity index (χ2v) is 6.29. The van der Waals surface area contributed by atoms with E-state index >= 15 is 0 Å². The van der Waals surface area contributed by atoms with Crippen molar-refractivity contribution in [2.24, 2.45) is 0 Å². The van der Waals surface area contributed by atoms with Gasteiger partial charge in [-0.05, 0) is 5.56 Å². The summed E-state index contributed by atoms with van der Waals surface area (Å²) in [5.74, 6) is -0.142. The maximum absolute atomic E-state index is 12.6. The minimum atomic E-state index is -1.23. The van der Waals surface area contributed by atoms with Crippen molar-refractivity contribution in [3.05, 3.63) is 71.3 Å². The highest BCUT2D eigenvalue weighted by molar-refractivity contribution is 8.13. The third-order valence-corrected chi connectivity index (χ3v) is 4.30. The summed E-state index contributed by atoms with van der Waals surface area (Å²) in [6.45, 7) is 1.40. The Morgan fingerprint density at radius 2 is 1.61 bits per heavy atom. The van der Waals surface area contributed by atoms with Crippen LogP contribution in [0, 0.1) is 0 Å². The number of carbonyl (C=O) groups is 2. The highest BCUT2D eigenvalue weighted by Gasteiger charge is 2.24. The van der Waals surface area contributed by atoms with Gasteiger partial charge in [-0.1, -0.05) is 66.4 Å². The van der Waals surface area contributed by atoms with Gasteiger partial charge in [0.2, 0.25) is 0 Å². The third kappa shape index (κ3) is 4.51. The topological polar surface area (TPSA) is 74.6 Å². The minimum absolute atomic E-state index is 0.0738. The van der Waals surface area contributed by atoms with Crippen LogP contribution in [-0.2, 0) is 4.79 Å². The molecule has 0 fully saturated rings. The van der Waals surface area contributed by atoms with E-state index in [1.165, 1.54) is 6.92 Å². The molecule has 0 spiro atoms. The summed E-state index contributed by atoms with van der Waals surface area (Å²) < 4.78 is 0. The van der Waals surface area contributed by atoms with Gasteiger partial charge < -0.3 is 10.2 Å². The fourth-order valence-electron chi connectivity index (χ4n) is 2.21. The molecule has 2 aromatic carbocycles. The van der Waals surface area contributed by atoms with E-state index in [0.29, 0.717) is 16.7 Å². The first kappa shape index (κ1) is 17.4. The molecule has 2 N–H and O–H groups in total. The van der Waals surface area contributed by atoms with E-state index in [-0.39, 0.29) is 16.7 Å². The van der Waals surface area contributed by atoms with Crippen molar-refractivity contribution in [1.82, 2.24) is 0 Å². The lowest BCUT2D eigenvalue weighted by Gasteiger charge is -2.20. The average molecular weight is 330 g/mol. The molecule has 2 aromatic rings. The van der Waals surface area contributed by atoms with Gasteiger partial charge >= 0.3 is 0 Å². The summed E-state index contributed by atoms with van der Waals surface area (Å²) in [6, 6.07) is 15.4. The van der Waals surface area contributed by atoms with Crippen molar-refractivity contribution < 1.29 is 19.8 Å². The Balaban J connectivity index is 2.26. The lowest BCUT2D eigenvalue weighted by atomic mass is 9.93. The van der Waals surface area contributed by atoms with Gasteiger partial charge in [-0.2, -0.15) is 0 Å². The number of thioether (sulfide) groups is 1. The van der Waals surface area contributed by atoms with Gasteiger partial charge in [0.1, 0.15) is 6.10 Å². The number of hydrogen-bond donors (Lipinski definition) is 2. The summed E-state index contributed by atoms with van der Waals surface area (Å²) in [5.41, 5.74) is 1.22. The molecule has 5 heteroatoms. The van der Waals surface area contributed by atoms with Crippen LogP contribution in [0.3, 0.4) is 0 Å². The van der Waals surface area contributed by atoms with Gasteiger partial charge in [-0.3, -0.25) is 9.59 Å². The molecule has 2 atom stereocenters. The predicted molar refractivity (Wildman–Crippen MR) is 90.4 cm³/mol. The SMILES string of the molecule is CC(=O)SCC(O)C(O)c1ccccc1C(=O)c1ccccc1. The van der Waals surface area contributed by atoms with Gasteiger partial charge in [0.25, 0.3) is 0 Å². The number of benzene rings is 2. The van der Waals surface area contributed by atoms with Crippen LogP contribution in [0.25, 0.3) is 0 Å². The minimum Gasteiger partial charge on any atom is -0.389 e. The second kappa shape index (κ2) is 8.06. The molecule has 0 aliphatic heterocycles. The number of ketones is 1. The Morgan fingerprint density at radius 1 is 1.00 bits per heavy atom. The molecule has 0 heterocycles. The van der Waals surface area contributed by atoms with Crippen LogP contribution < -0.4 is 0 Å². The van der Waals surface area contributed by atoms with Crippen molar-refractivity contribution in [1.29, 1.82) is 0 Å². The standard InChI is InChI=1S/C18H18O4S/c1-12(19)23-11-16(20)18(22)15-10-6-5-9-14(15)17(21)13-7-3-2-4-8-13/h2-10,16,18,20,22H,11H2,1H3. The molecule has 0 radical (unpaired) electrons. The first-order valence-electron chi connectivity index (χ1n) is 7.19. The van der Waals surface area contributed by atoms with E-state index in [1.54, 1.807) is 48.5 Å². The van der Waals surface area contributed by atoms with Crippen molar-refractivity contribution in [3.63, 3.8) is 0 Å². The fraction of sp³-hybridized carbons (Fsp3) is 0.222. The van der Waals surface area contributed by atoms with Crippen LogP contribution in [0.15, 0.2) is 54.6 Å². The maximum atomic E-state index is 12.6. The summed E-state index contributed by atoms with van der Waals surface area (Å²) in [5, 5.41) is 20.3. The Hall–Kier alpha value is -1.95. The largest absolute Gasteiger partial charge is 0.389 e. The number of hydrogen-bond acceptors (Lipinski definition) is 5. The number of aliphatic hydroxyl groups excluding tert-OH is 2. The monoisotopic (exact) mass is 330 g/mol. The summed E-state index contributed by atoms with van der Waals surface area (Å²) >= 11 is 0.939. The lowest BCUT2D eigenvalue weighted by Crippen LogP contribution is -2.23. The zero-order valence-electron chi connectivity index (χ0n) is 12.7. The zero-order chi connectivity index (χ0) is 16.8. The van der Waals surface area contributed by atoms with Crippen LogP contribution in [0.5, 0.6) is 0 Å². The van der Waals surface area contributed by atoms with E-state index in [9.17, 15) is 19.8 Å². The molecule has 120 valence electrons. The Kier molecular flexibility index (Phi) is 6.10. The molecule has 0 aliphatic carbocycles. The number of aliphatic hydroxyl groups is 2. The maximum Gasteiger partial charge on any atom is 0.193 e. The van der Waals surface area contributed by atoms with Gasteiger partial charge in [0.15, 0.2) is 10.9 Å². The summed E-state index contributed by atoms with van der Waals surface area (Å²) in [4.78, 5) is 23.6. The first-order valence-corrected chi connectivity index (χ1v) is 8.17. The molecular formula is C18H18O4S. The molecule has 2 unspecified atom stereocenters. The average Bonchev–Trinajstić information content (AvgIpc) is 2.59. The van der Waals surface area contributed by atoms with E-state index in [2.05, 4.69) is 0 Å². The lowest BCUT2D eigenvalue weighted by molar-refractivity contribution is -0.109. The van der Waals surface area contributed by atoms with Crippen LogP contribution >= 0.6 is 11.8 Å². The van der Waals surface area contributed by atoms with E-state index in [4.69, 9.17) is 0 Å². The molecule has 2 rings (SSSR count). The second-order valence-electron chi connectivity index (χ2n) is 5.10. The number of carbonyl (C=O) groups excluding carboxylic acids is 2. The van der Waals surface area contributed by atoms with E-state index < -0.39 is 12.2 Å². The van der Waals surface area contributed by atoms with Gasteiger partial charge in [-0.25, -0.2) is 0 Å². The number of rotatable bonds is 6. The van der Waals surface area contributed by atoms with E-state index in [1.807, 2.05) is 6.07 Å². The highest BCUT2D eigenvalue weighted by atomic mass is 32.2. The summed E-state index contributed by atoms with van der Waals surface area (Å²) in [6.07, 6.45) is -2.36. The van der Waals surface area contributed by atoms with Crippen LogP contribution in [0.1, 0.15) is 34.5 Å². The fourth-order valence-corrected chi connectivity index (χ4v) is 2.80. The van der Waals surface area contributed by atoms with Crippen molar-refractivity contribution in [2.75, 3.05) is 5.75 Å². The molecule has 0 saturated heterocycles.